The summed E-state index contributed by atoms with van der Waals surface area (Å²) in [5.41, 5.74) is 0.854. The van der Waals surface area contributed by atoms with E-state index in [1.165, 1.54) is 44.9 Å². The standard InChI is InChI=1S/C23H38O3/c1-15(13-24)20-6-7-21-19-5-4-16-12-23(25,14-26-3)11-9-17(16)18(19)8-10-22(20,21)2/h16-21,24-25H,1,4-14H2,2-3H3/t16-,17-,18+,19+,20+,21-,22+,23-/m0/s1. The lowest BCUT2D eigenvalue weighted by atomic mass is 9.48. The number of hydrogen-bond donors (Lipinski definition) is 2. The average Bonchev–Trinajstić information content (AvgIpc) is 2.98. The molecule has 0 radical (unpaired) electrons. The molecule has 4 aliphatic carbocycles. The van der Waals surface area contributed by atoms with Crippen molar-refractivity contribution in [3.63, 3.8) is 0 Å². The fraction of sp³-hybridized carbons (Fsp3) is 0.913. The van der Waals surface area contributed by atoms with Crippen LogP contribution in [0, 0.1) is 40.9 Å². The molecule has 2 N–H and O–H groups in total. The van der Waals surface area contributed by atoms with Crippen LogP contribution in [0.1, 0.15) is 64.7 Å². The summed E-state index contributed by atoms with van der Waals surface area (Å²) in [6.45, 7) is 7.35. The number of aliphatic hydroxyl groups excluding tert-OH is 1. The van der Waals surface area contributed by atoms with Gasteiger partial charge < -0.3 is 14.9 Å². The van der Waals surface area contributed by atoms with Crippen LogP contribution in [-0.4, -0.2) is 36.1 Å². The molecule has 0 bridgehead atoms. The van der Waals surface area contributed by atoms with Crippen molar-refractivity contribution in [2.45, 2.75) is 70.3 Å². The molecule has 0 unspecified atom stereocenters. The summed E-state index contributed by atoms with van der Waals surface area (Å²) in [6.07, 6.45) is 10.9. The Kier molecular flexibility index (Phi) is 5.03. The van der Waals surface area contributed by atoms with Gasteiger partial charge in [0.1, 0.15) is 0 Å². The van der Waals surface area contributed by atoms with Gasteiger partial charge in [0.2, 0.25) is 0 Å². The quantitative estimate of drug-likeness (QED) is 0.738. The Morgan fingerprint density at radius 3 is 2.54 bits per heavy atom. The van der Waals surface area contributed by atoms with Gasteiger partial charge >= 0.3 is 0 Å². The van der Waals surface area contributed by atoms with Crippen molar-refractivity contribution in [2.75, 3.05) is 20.3 Å². The molecule has 0 aliphatic heterocycles. The van der Waals surface area contributed by atoms with Crippen LogP contribution in [0.5, 0.6) is 0 Å². The SMILES string of the molecule is C=C(CO)[C@H]1CC[C@H]2[C@@H]3CC[C@H]4C[C@](O)(COC)CC[C@@H]4[C@H]3CC[C@]12C. The molecule has 0 spiro atoms. The van der Waals surface area contributed by atoms with Crippen molar-refractivity contribution < 1.29 is 14.9 Å². The lowest BCUT2D eigenvalue weighted by Crippen LogP contribution is -2.52. The van der Waals surface area contributed by atoms with Gasteiger partial charge in [0.25, 0.3) is 0 Å². The molecule has 26 heavy (non-hydrogen) atoms. The van der Waals surface area contributed by atoms with Gasteiger partial charge in [-0.15, -0.1) is 0 Å². The lowest BCUT2D eigenvalue weighted by Gasteiger charge is -2.57. The van der Waals surface area contributed by atoms with Crippen molar-refractivity contribution in [2.24, 2.45) is 40.9 Å². The Bertz CT molecular complexity index is 546. The molecule has 8 atom stereocenters. The summed E-state index contributed by atoms with van der Waals surface area (Å²) < 4.78 is 5.31. The van der Waals surface area contributed by atoms with E-state index in [0.717, 1.165) is 42.1 Å². The summed E-state index contributed by atoms with van der Waals surface area (Å²) in [6, 6.07) is 0. The molecular formula is C23H38O3. The van der Waals surface area contributed by atoms with Crippen LogP contribution >= 0.6 is 0 Å². The van der Waals surface area contributed by atoms with Crippen LogP contribution in [-0.2, 0) is 4.74 Å². The van der Waals surface area contributed by atoms with Crippen molar-refractivity contribution in [1.29, 1.82) is 0 Å². The minimum absolute atomic E-state index is 0.157. The number of hydrogen-bond acceptors (Lipinski definition) is 3. The normalized spacial score (nSPS) is 50.6. The molecule has 0 aromatic heterocycles. The predicted octanol–water partition coefficient (Wildman–Crippen LogP) is 4.18. The van der Waals surface area contributed by atoms with E-state index < -0.39 is 5.60 Å². The van der Waals surface area contributed by atoms with Gasteiger partial charge in [-0.1, -0.05) is 13.5 Å². The van der Waals surface area contributed by atoms with E-state index in [9.17, 15) is 10.2 Å². The molecule has 0 amide bonds. The van der Waals surface area contributed by atoms with E-state index in [-0.39, 0.29) is 6.61 Å². The molecule has 0 saturated heterocycles. The fourth-order valence-corrected chi connectivity index (χ4v) is 8.14. The molecule has 3 nitrogen and oxygen atoms in total. The molecule has 148 valence electrons. The van der Waals surface area contributed by atoms with E-state index in [1.807, 2.05) is 0 Å². The molecule has 0 heterocycles. The van der Waals surface area contributed by atoms with Crippen molar-refractivity contribution >= 4 is 0 Å². The van der Waals surface area contributed by atoms with Crippen LogP contribution in [0.2, 0.25) is 0 Å². The maximum Gasteiger partial charge on any atom is 0.0882 e. The zero-order chi connectivity index (χ0) is 18.5. The molecule has 0 aromatic carbocycles. The first-order chi connectivity index (χ1) is 12.4. The highest BCUT2D eigenvalue weighted by Crippen LogP contribution is 2.65. The molecule has 4 fully saturated rings. The second-order valence-corrected chi connectivity index (χ2v) is 10.3. The minimum atomic E-state index is -0.580. The fourth-order valence-electron chi connectivity index (χ4n) is 8.14. The van der Waals surface area contributed by atoms with Gasteiger partial charge in [-0.3, -0.25) is 0 Å². The first-order valence-electron chi connectivity index (χ1n) is 10.9. The average molecular weight is 363 g/mol. The van der Waals surface area contributed by atoms with Crippen LogP contribution < -0.4 is 0 Å². The van der Waals surface area contributed by atoms with E-state index in [0.29, 0.717) is 23.9 Å². The Labute approximate surface area is 159 Å². The third kappa shape index (κ3) is 2.89. The van der Waals surface area contributed by atoms with Crippen LogP contribution in [0.3, 0.4) is 0 Å². The van der Waals surface area contributed by atoms with Gasteiger partial charge in [0, 0.05) is 7.11 Å². The number of fused-ring (bicyclic) bond motifs is 5. The van der Waals surface area contributed by atoms with Gasteiger partial charge in [0.15, 0.2) is 0 Å². The van der Waals surface area contributed by atoms with Gasteiger partial charge in [-0.25, -0.2) is 0 Å². The first-order valence-corrected chi connectivity index (χ1v) is 10.9. The summed E-state index contributed by atoms with van der Waals surface area (Å²) in [7, 11) is 1.71. The van der Waals surface area contributed by atoms with Gasteiger partial charge in [-0.2, -0.15) is 0 Å². The summed E-state index contributed by atoms with van der Waals surface area (Å²) >= 11 is 0. The third-order valence-electron chi connectivity index (χ3n) is 9.21. The summed E-state index contributed by atoms with van der Waals surface area (Å²) in [4.78, 5) is 0. The molecule has 4 aliphatic rings. The van der Waals surface area contributed by atoms with Crippen molar-refractivity contribution in [3.05, 3.63) is 12.2 Å². The Morgan fingerprint density at radius 2 is 1.81 bits per heavy atom. The predicted molar refractivity (Wildman–Crippen MR) is 104 cm³/mol. The number of ether oxygens (including phenoxy) is 1. The van der Waals surface area contributed by atoms with E-state index >= 15 is 0 Å². The number of rotatable bonds is 4. The van der Waals surface area contributed by atoms with Crippen molar-refractivity contribution in [3.8, 4) is 0 Å². The molecule has 4 rings (SSSR count). The molecule has 0 aromatic rings. The topological polar surface area (TPSA) is 49.7 Å². The third-order valence-corrected chi connectivity index (χ3v) is 9.21. The zero-order valence-corrected chi connectivity index (χ0v) is 16.8. The zero-order valence-electron chi connectivity index (χ0n) is 16.8. The second kappa shape index (κ2) is 6.90. The van der Waals surface area contributed by atoms with Crippen LogP contribution in [0.15, 0.2) is 12.2 Å². The summed E-state index contributed by atoms with van der Waals surface area (Å²) in [5, 5.41) is 20.5. The highest BCUT2D eigenvalue weighted by Gasteiger charge is 2.57. The Morgan fingerprint density at radius 1 is 1.04 bits per heavy atom. The lowest BCUT2D eigenvalue weighted by molar-refractivity contribution is -0.123. The highest BCUT2D eigenvalue weighted by atomic mass is 16.5. The van der Waals surface area contributed by atoms with E-state index in [4.69, 9.17) is 4.74 Å². The van der Waals surface area contributed by atoms with Crippen molar-refractivity contribution in [1.82, 2.24) is 0 Å². The Balaban J connectivity index is 1.50. The molecular weight excluding hydrogens is 324 g/mol. The van der Waals surface area contributed by atoms with E-state index in [1.54, 1.807) is 7.11 Å². The monoisotopic (exact) mass is 362 g/mol. The highest BCUT2D eigenvalue weighted by molar-refractivity contribution is 5.15. The van der Waals surface area contributed by atoms with Crippen LogP contribution in [0.25, 0.3) is 0 Å². The minimum Gasteiger partial charge on any atom is -0.392 e. The van der Waals surface area contributed by atoms with Gasteiger partial charge in [0.05, 0.1) is 18.8 Å². The second-order valence-electron chi connectivity index (χ2n) is 10.3. The molecule has 4 saturated carbocycles. The van der Waals surface area contributed by atoms with E-state index in [2.05, 4.69) is 13.5 Å². The van der Waals surface area contributed by atoms with Gasteiger partial charge in [-0.05, 0) is 104 Å². The summed E-state index contributed by atoms with van der Waals surface area (Å²) in [5.74, 6) is 4.57. The Hall–Kier alpha value is -0.380. The smallest absolute Gasteiger partial charge is 0.0882 e. The van der Waals surface area contributed by atoms with Crippen LogP contribution in [0.4, 0.5) is 0 Å². The largest absolute Gasteiger partial charge is 0.392 e. The maximum absolute atomic E-state index is 10.9. The first kappa shape index (κ1) is 19.0. The maximum atomic E-state index is 10.9. The molecule has 3 heteroatoms. The number of aliphatic hydroxyl groups is 2. The number of methoxy groups -OCH3 is 1.